The molecule has 11 aromatic rings. The zero-order valence-corrected chi connectivity index (χ0v) is 30.4. The molecule has 0 saturated heterocycles. The van der Waals surface area contributed by atoms with Gasteiger partial charge in [0, 0.05) is 39.5 Å². The van der Waals surface area contributed by atoms with Crippen molar-refractivity contribution in [2.45, 2.75) is 5.41 Å². The van der Waals surface area contributed by atoms with Gasteiger partial charge < -0.3 is 0 Å². The summed E-state index contributed by atoms with van der Waals surface area (Å²) < 4.78 is 4.12. The van der Waals surface area contributed by atoms with E-state index in [4.69, 9.17) is 24.9 Å². The first-order chi connectivity index (χ1) is 28.3. The normalized spacial score (nSPS) is 13.4. The summed E-state index contributed by atoms with van der Waals surface area (Å²) in [7, 11) is 0. The molecule has 0 amide bonds. The zero-order chi connectivity index (χ0) is 37.2. The van der Waals surface area contributed by atoms with Crippen molar-refractivity contribution in [3.05, 3.63) is 198 Å². The number of benzene rings is 6. The third-order valence-electron chi connectivity index (χ3n) is 12.1. The summed E-state index contributed by atoms with van der Waals surface area (Å²) >= 11 is 0. The van der Waals surface area contributed by atoms with E-state index in [1.54, 1.807) is 12.4 Å². The lowest BCUT2D eigenvalue weighted by Gasteiger charge is -2.30. The Morgan fingerprint density at radius 1 is 0.368 bits per heavy atom. The average Bonchev–Trinajstić information content (AvgIpc) is 3.98. The van der Waals surface area contributed by atoms with Crippen LogP contribution in [0.15, 0.2) is 176 Å². The van der Waals surface area contributed by atoms with E-state index in [1.165, 1.54) is 44.5 Å². The Morgan fingerprint density at radius 3 is 1.40 bits per heavy atom. The largest absolute Gasteiger partial charge is 0.278 e. The lowest BCUT2D eigenvalue weighted by molar-refractivity contribution is 0.793. The molecule has 0 unspecified atom stereocenters. The van der Waals surface area contributed by atoms with Crippen molar-refractivity contribution < 1.29 is 0 Å². The molecule has 13 rings (SSSR count). The summed E-state index contributed by atoms with van der Waals surface area (Å²) in [6, 6.07) is 58.3. The second-order valence-corrected chi connectivity index (χ2v) is 14.9. The molecule has 0 aliphatic heterocycles. The van der Waals surface area contributed by atoms with Gasteiger partial charge in [0.2, 0.25) is 11.9 Å². The Kier molecular flexibility index (Phi) is 5.97. The number of aromatic nitrogens is 7. The Hall–Kier alpha value is -7.77. The van der Waals surface area contributed by atoms with Crippen LogP contribution >= 0.6 is 0 Å². The quantitative estimate of drug-likeness (QED) is 0.181. The van der Waals surface area contributed by atoms with E-state index in [-0.39, 0.29) is 0 Å². The maximum absolute atomic E-state index is 5.35. The van der Waals surface area contributed by atoms with Crippen molar-refractivity contribution in [1.82, 2.24) is 34.1 Å². The Balaban J connectivity index is 1.11. The fourth-order valence-corrected chi connectivity index (χ4v) is 9.92. The highest BCUT2D eigenvalue weighted by Gasteiger charge is 2.51. The van der Waals surface area contributed by atoms with Gasteiger partial charge in [0.25, 0.3) is 0 Å². The van der Waals surface area contributed by atoms with Crippen molar-refractivity contribution in [3.63, 3.8) is 0 Å². The van der Waals surface area contributed by atoms with Gasteiger partial charge in [0.05, 0.1) is 16.4 Å². The first-order valence-electron chi connectivity index (χ1n) is 19.2. The first-order valence-corrected chi connectivity index (χ1v) is 19.2. The lowest BCUT2D eigenvalue weighted by Crippen LogP contribution is -2.25. The minimum atomic E-state index is -0.434. The number of rotatable bonds is 3. The second kappa shape index (κ2) is 11.1. The van der Waals surface area contributed by atoms with Gasteiger partial charge in [-0.3, -0.25) is 4.57 Å². The molecular weight excluding hydrogens is 699 g/mol. The van der Waals surface area contributed by atoms with Crippen LogP contribution in [0.3, 0.4) is 0 Å². The minimum Gasteiger partial charge on any atom is -0.278 e. The van der Waals surface area contributed by atoms with Gasteiger partial charge in [-0.2, -0.15) is 15.0 Å². The number of hydrogen-bond donors (Lipinski definition) is 0. The Labute approximate surface area is 326 Å². The monoisotopic (exact) mass is 727 g/mol. The standard InChI is InChI=1S/C50H29N7/c1-6-20-39-31(13-1)32-14-2-7-21-40(32)50(39)41-22-8-3-15-33(41)38-29-30(25-26-42(38)50)45-53-48(56-43-23-9-4-16-34(43)35-17-5-10-24-44(35)56)55-49(54-45)57-46-36(18-11-27-51-46)37-19-12-28-52-47(37)57/h1-29H. The van der Waals surface area contributed by atoms with Crippen molar-refractivity contribution >= 4 is 43.9 Å². The molecule has 0 saturated carbocycles. The van der Waals surface area contributed by atoms with Crippen LogP contribution < -0.4 is 0 Å². The molecule has 0 N–H and O–H groups in total. The molecule has 264 valence electrons. The van der Waals surface area contributed by atoms with E-state index in [9.17, 15) is 0 Å². The van der Waals surface area contributed by atoms with Gasteiger partial charge in [-0.1, -0.05) is 121 Å². The maximum atomic E-state index is 5.35. The third kappa shape index (κ3) is 3.92. The molecule has 2 aliphatic rings. The molecule has 0 bridgehead atoms. The van der Waals surface area contributed by atoms with Crippen molar-refractivity contribution in [2.75, 3.05) is 0 Å². The molecule has 7 nitrogen and oxygen atoms in total. The van der Waals surface area contributed by atoms with E-state index in [2.05, 4.69) is 156 Å². The lowest BCUT2D eigenvalue weighted by atomic mass is 9.70. The van der Waals surface area contributed by atoms with Gasteiger partial charge in [-0.15, -0.1) is 0 Å². The number of hydrogen-bond acceptors (Lipinski definition) is 5. The van der Waals surface area contributed by atoms with Gasteiger partial charge in [-0.25, -0.2) is 14.5 Å². The molecule has 2 aliphatic carbocycles. The number of para-hydroxylation sites is 2. The molecule has 5 aromatic heterocycles. The van der Waals surface area contributed by atoms with E-state index < -0.39 is 5.41 Å². The summed E-state index contributed by atoms with van der Waals surface area (Å²) in [4.78, 5) is 25.6. The maximum Gasteiger partial charge on any atom is 0.242 e. The average molecular weight is 728 g/mol. The Bertz CT molecular complexity index is 3220. The summed E-state index contributed by atoms with van der Waals surface area (Å²) in [6.07, 6.45) is 3.61. The highest BCUT2D eigenvalue weighted by atomic mass is 15.3. The van der Waals surface area contributed by atoms with Crippen molar-refractivity contribution in [2.24, 2.45) is 0 Å². The van der Waals surface area contributed by atoms with Crippen LogP contribution in [0.25, 0.3) is 89.4 Å². The van der Waals surface area contributed by atoms with Crippen LogP contribution in [-0.2, 0) is 5.41 Å². The van der Waals surface area contributed by atoms with Crippen molar-refractivity contribution in [1.29, 1.82) is 0 Å². The van der Waals surface area contributed by atoms with E-state index in [0.717, 1.165) is 49.4 Å². The summed E-state index contributed by atoms with van der Waals surface area (Å²) in [6.45, 7) is 0. The number of pyridine rings is 2. The minimum absolute atomic E-state index is 0.434. The van der Waals surface area contributed by atoms with Crippen LogP contribution in [0, 0.1) is 0 Å². The summed E-state index contributed by atoms with van der Waals surface area (Å²) in [5.41, 5.74) is 14.1. The molecule has 6 aromatic carbocycles. The van der Waals surface area contributed by atoms with Gasteiger partial charge in [-0.05, 0) is 87.0 Å². The smallest absolute Gasteiger partial charge is 0.242 e. The van der Waals surface area contributed by atoms with E-state index in [0.29, 0.717) is 17.7 Å². The fraction of sp³-hybridized carbons (Fsp3) is 0.0200. The Morgan fingerprint density at radius 2 is 0.825 bits per heavy atom. The molecule has 57 heavy (non-hydrogen) atoms. The second-order valence-electron chi connectivity index (χ2n) is 14.9. The molecular formula is C50H29N7. The highest BCUT2D eigenvalue weighted by Crippen LogP contribution is 2.62. The van der Waals surface area contributed by atoms with Crippen LogP contribution in [0.1, 0.15) is 22.3 Å². The molecule has 1 spiro atoms. The number of fused-ring (bicyclic) bond motifs is 16. The summed E-state index contributed by atoms with van der Waals surface area (Å²) in [5.74, 6) is 1.53. The number of nitrogens with zero attached hydrogens (tertiary/aromatic N) is 7. The van der Waals surface area contributed by atoms with Crippen molar-refractivity contribution in [3.8, 4) is 45.5 Å². The zero-order valence-electron chi connectivity index (χ0n) is 30.4. The van der Waals surface area contributed by atoms with Gasteiger partial charge in [0.1, 0.15) is 11.3 Å². The topological polar surface area (TPSA) is 74.3 Å². The summed E-state index contributed by atoms with van der Waals surface area (Å²) in [5, 5.41) is 4.23. The van der Waals surface area contributed by atoms with E-state index in [1.807, 2.05) is 16.7 Å². The molecule has 0 fully saturated rings. The van der Waals surface area contributed by atoms with Crippen LogP contribution in [0.2, 0.25) is 0 Å². The third-order valence-corrected chi connectivity index (χ3v) is 12.1. The first kappa shape index (κ1) is 30.5. The van der Waals surface area contributed by atoms with Gasteiger partial charge >= 0.3 is 0 Å². The molecule has 0 atom stereocenters. The van der Waals surface area contributed by atoms with Gasteiger partial charge in [0.15, 0.2) is 5.82 Å². The predicted molar refractivity (Wildman–Crippen MR) is 226 cm³/mol. The van der Waals surface area contributed by atoms with Crippen LogP contribution in [-0.4, -0.2) is 34.1 Å². The SMILES string of the molecule is c1ccc2c(c1)-c1ccccc1C21c2ccccc2-c2cc(-c3nc(-n4c5ccccc5c5ccccc54)nc(-n4c5ncccc5c5cccnc54)n3)ccc21. The molecule has 0 radical (unpaired) electrons. The van der Waals surface area contributed by atoms with Crippen LogP contribution in [0.5, 0.6) is 0 Å². The predicted octanol–water partition coefficient (Wildman–Crippen LogP) is 10.9. The molecule has 5 heterocycles. The fourth-order valence-electron chi connectivity index (χ4n) is 9.92. The highest BCUT2D eigenvalue weighted by molar-refractivity contribution is 6.09. The van der Waals surface area contributed by atoms with E-state index >= 15 is 0 Å². The molecule has 7 heteroatoms. The van der Waals surface area contributed by atoms with Crippen LogP contribution in [0.4, 0.5) is 0 Å².